The normalized spacial score (nSPS) is 17.4. The molecule has 0 aliphatic carbocycles. The van der Waals surface area contributed by atoms with Crippen molar-refractivity contribution in [2.24, 2.45) is 10.2 Å². The molecule has 3 heteroatoms. The Kier molecular flexibility index (Phi) is 2.88. The minimum Gasteiger partial charge on any atom is -0.469 e. The van der Waals surface area contributed by atoms with Gasteiger partial charge in [-0.1, -0.05) is 54.6 Å². The second kappa shape index (κ2) is 4.84. The molecule has 1 aliphatic rings. The van der Waals surface area contributed by atoms with Crippen molar-refractivity contribution in [2.45, 2.75) is 6.23 Å². The number of ether oxygens (including phenoxy) is 1. The highest BCUT2D eigenvalue weighted by Crippen LogP contribution is 2.32. The van der Waals surface area contributed by atoms with E-state index in [1.165, 1.54) is 0 Å². The van der Waals surface area contributed by atoms with Crippen LogP contribution in [0.15, 0.2) is 77.3 Å². The highest BCUT2D eigenvalue weighted by atomic mass is 16.5. The molecule has 0 N–H and O–H groups in total. The van der Waals surface area contributed by atoms with Crippen LogP contribution in [0.5, 0.6) is 0 Å². The Morgan fingerprint density at radius 1 is 0.889 bits per heavy atom. The molecule has 2 aromatic rings. The summed E-state index contributed by atoms with van der Waals surface area (Å²) in [5.74, 6) is 0. The lowest BCUT2D eigenvalue weighted by molar-refractivity contribution is 0.139. The largest absolute Gasteiger partial charge is 0.469 e. The number of azo groups is 1. The summed E-state index contributed by atoms with van der Waals surface area (Å²) in [5.41, 5.74) is 3.30. The quantitative estimate of drug-likeness (QED) is 0.765. The van der Waals surface area contributed by atoms with Crippen molar-refractivity contribution in [1.82, 2.24) is 0 Å². The topological polar surface area (TPSA) is 34.0 Å². The van der Waals surface area contributed by atoms with Crippen molar-refractivity contribution in [3.05, 3.63) is 72.6 Å². The summed E-state index contributed by atoms with van der Waals surface area (Å²) in [6.07, 6.45) is 2.76. The first-order valence-corrected chi connectivity index (χ1v) is 5.80. The Morgan fingerprint density at radius 3 is 2.44 bits per heavy atom. The molecule has 0 aromatic heterocycles. The fourth-order valence-electron chi connectivity index (χ4n) is 1.99. The molecular formula is C15H12N2O. The van der Waals surface area contributed by atoms with Crippen LogP contribution in [-0.2, 0) is 4.74 Å². The van der Waals surface area contributed by atoms with Gasteiger partial charge in [0.1, 0.15) is 6.26 Å². The maximum atomic E-state index is 5.49. The third-order valence-corrected chi connectivity index (χ3v) is 2.82. The maximum absolute atomic E-state index is 5.49. The molecule has 0 radical (unpaired) electrons. The highest BCUT2D eigenvalue weighted by Gasteiger charge is 2.16. The summed E-state index contributed by atoms with van der Waals surface area (Å²) in [4.78, 5) is 0. The van der Waals surface area contributed by atoms with Gasteiger partial charge in [0.2, 0.25) is 6.23 Å². The number of rotatable bonds is 2. The zero-order valence-corrected chi connectivity index (χ0v) is 9.73. The average molecular weight is 236 g/mol. The molecule has 0 spiro atoms. The van der Waals surface area contributed by atoms with Crippen LogP contribution in [0.4, 0.5) is 0 Å². The van der Waals surface area contributed by atoms with Crippen LogP contribution in [0.2, 0.25) is 0 Å². The van der Waals surface area contributed by atoms with Gasteiger partial charge in [-0.2, -0.15) is 5.11 Å². The van der Waals surface area contributed by atoms with Crippen molar-refractivity contribution in [3.8, 4) is 11.1 Å². The Bertz CT molecular complexity index is 590. The van der Waals surface area contributed by atoms with Gasteiger partial charge in [0, 0.05) is 5.56 Å². The van der Waals surface area contributed by atoms with E-state index in [1.807, 2.05) is 36.4 Å². The van der Waals surface area contributed by atoms with Gasteiger partial charge in [-0.25, -0.2) is 0 Å². The second-order valence-electron chi connectivity index (χ2n) is 3.96. The van der Waals surface area contributed by atoms with Gasteiger partial charge in [-0.05, 0) is 11.1 Å². The SMILES string of the molecule is C1=COC(c2ccccc2-c2ccccc2)N=N1. The van der Waals surface area contributed by atoms with Crippen LogP contribution in [0.1, 0.15) is 11.8 Å². The highest BCUT2D eigenvalue weighted by molar-refractivity contribution is 5.67. The van der Waals surface area contributed by atoms with Gasteiger partial charge < -0.3 is 4.74 Å². The third kappa shape index (κ3) is 2.02. The van der Waals surface area contributed by atoms with Crippen molar-refractivity contribution < 1.29 is 4.74 Å². The van der Waals surface area contributed by atoms with E-state index in [4.69, 9.17) is 4.74 Å². The first-order valence-electron chi connectivity index (χ1n) is 5.80. The van der Waals surface area contributed by atoms with E-state index in [0.717, 1.165) is 16.7 Å². The summed E-state index contributed by atoms with van der Waals surface area (Å²) < 4.78 is 5.49. The molecule has 3 rings (SSSR count). The molecule has 2 aromatic carbocycles. The Hall–Kier alpha value is -2.42. The molecule has 1 heterocycles. The van der Waals surface area contributed by atoms with E-state index in [-0.39, 0.29) is 6.23 Å². The van der Waals surface area contributed by atoms with E-state index in [2.05, 4.69) is 28.4 Å². The van der Waals surface area contributed by atoms with E-state index >= 15 is 0 Å². The summed E-state index contributed by atoms with van der Waals surface area (Å²) in [6, 6.07) is 18.3. The monoisotopic (exact) mass is 236 g/mol. The molecule has 0 bridgehead atoms. The summed E-state index contributed by atoms with van der Waals surface area (Å²) in [6.45, 7) is 0. The molecular weight excluding hydrogens is 224 g/mol. The third-order valence-electron chi connectivity index (χ3n) is 2.82. The summed E-state index contributed by atoms with van der Waals surface area (Å²) in [5, 5.41) is 7.99. The maximum Gasteiger partial charge on any atom is 0.234 e. The van der Waals surface area contributed by atoms with E-state index in [9.17, 15) is 0 Å². The molecule has 1 atom stereocenters. The second-order valence-corrected chi connectivity index (χ2v) is 3.96. The Morgan fingerprint density at radius 2 is 1.67 bits per heavy atom. The molecule has 0 fully saturated rings. The fraction of sp³-hybridized carbons (Fsp3) is 0.0667. The van der Waals surface area contributed by atoms with Crippen LogP contribution < -0.4 is 0 Å². The number of nitrogens with zero attached hydrogens (tertiary/aromatic N) is 2. The van der Waals surface area contributed by atoms with Crippen LogP contribution in [0.3, 0.4) is 0 Å². The lowest BCUT2D eigenvalue weighted by Gasteiger charge is -2.17. The Balaban J connectivity index is 2.05. The van der Waals surface area contributed by atoms with Crippen molar-refractivity contribution in [3.63, 3.8) is 0 Å². The van der Waals surface area contributed by atoms with Gasteiger partial charge in [0.25, 0.3) is 0 Å². The average Bonchev–Trinajstić information content (AvgIpc) is 2.49. The van der Waals surface area contributed by atoms with Crippen molar-refractivity contribution >= 4 is 0 Å². The zero-order valence-electron chi connectivity index (χ0n) is 9.73. The molecule has 0 saturated carbocycles. The number of hydrogen-bond acceptors (Lipinski definition) is 3. The lowest BCUT2D eigenvalue weighted by Crippen LogP contribution is -2.01. The molecule has 88 valence electrons. The zero-order chi connectivity index (χ0) is 12.2. The smallest absolute Gasteiger partial charge is 0.234 e. The molecule has 0 saturated heterocycles. The van der Waals surface area contributed by atoms with Gasteiger partial charge >= 0.3 is 0 Å². The van der Waals surface area contributed by atoms with E-state index < -0.39 is 0 Å². The Labute approximate surface area is 105 Å². The number of benzene rings is 2. The molecule has 1 unspecified atom stereocenters. The van der Waals surface area contributed by atoms with Gasteiger partial charge in [-0.3, -0.25) is 0 Å². The van der Waals surface area contributed by atoms with E-state index in [1.54, 1.807) is 12.5 Å². The van der Waals surface area contributed by atoms with Crippen LogP contribution in [0.25, 0.3) is 11.1 Å². The summed E-state index contributed by atoms with van der Waals surface area (Å²) >= 11 is 0. The molecule has 18 heavy (non-hydrogen) atoms. The van der Waals surface area contributed by atoms with Gasteiger partial charge in [-0.15, -0.1) is 5.11 Å². The lowest BCUT2D eigenvalue weighted by atomic mass is 9.99. The predicted molar refractivity (Wildman–Crippen MR) is 69.7 cm³/mol. The number of hydrogen-bond donors (Lipinski definition) is 0. The molecule has 1 aliphatic heterocycles. The molecule has 3 nitrogen and oxygen atoms in total. The fourth-order valence-corrected chi connectivity index (χ4v) is 1.99. The first kappa shape index (κ1) is 10.7. The molecule has 0 amide bonds. The van der Waals surface area contributed by atoms with E-state index in [0.29, 0.717) is 0 Å². The van der Waals surface area contributed by atoms with Crippen LogP contribution in [0, 0.1) is 0 Å². The van der Waals surface area contributed by atoms with Gasteiger partial charge in [0.05, 0.1) is 6.20 Å². The minimum absolute atomic E-state index is 0.355. The van der Waals surface area contributed by atoms with Crippen LogP contribution >= 0.6 is 0 Å². The van der Waals surface area contributed by atoms with Crippen LogP contribution in [-0.4, -0.2) is 0 Å². The van der Waals surface area contributed by atoms with Crippen molar-refractivity contribution in [2.75, 3.05) is 0 Å². The predicted octanol–water partition coefficient (Wildman–Crippen LogP) is 4.31. The first-order chi connectivity index (χ1) is 8.95. The summed E-state index contributed by atoms with van der Waals surface area (Å²) in [7, 11) is 0. The standard InChI is InChI=1S/C15H12N2O/c1-2-6-12(7-3-1)13-8-4-5-9-14(13)15-17-16-10-11-18-15/h1-11,15H. The van der Waals surface area contributed by atoms with Gasteiger partial charge in [0.15, 0.2) is 0 Å². The van der Waals surface area contributed by atoms with Crippen molar-refractivity contribution in [1.29, 1.82) is 0 Å². The minimum atomic E-state index is -0.355.